The lowest BCUT2D eigenvalue weighted by Crippen LogP contribution is -2.42. The van der Waals surface area contributed by atoms with Gasteiger partial charge < -0.3 is 20.9 Å². The first-order valence-electron chi connectivity index (χ1n) is 9.28. The molecule has 2 rings (SSSR count). The van der Waals surface area contributed by atoms with Crippen LogP contribution in [0.1, 0.15) is 42.1 Å². The summed E-state index contributed by atoms with van der Waals surface area (Å²) in [6.07, 6.45) is 3.99. The molecule has 0 atom stereocenters. The van der Waals surface area contributed by atoms with E-state index in [2.05, 4.69) is 32.8 Å². The van der Waals surface area contributed by atoms with E-state index >= 15 is 0 Å². The van der Waals surface area contributed by atoms with Gasteiger partial charge in [-0.25, -0.2) is 4.99 Å². The van der Waals surface area contributed by atoms with Gasteiger partial charge in [0, 0.05) is 32.2 Å². The van der Waals surface area contributed by atoms with E-state index in [0.29, 0.717) is 12.1 Å². The minimum atomic E-state index is -0.0719. The maximum atomic E-state index is 11.7. The van der Waals surface area contributed by atoms with E-state index in [1.54, 1.807) is 7.05 Å². The zero-order valence-corrected chi connectivity index (χ0v) is 18.2. The van der Waals surface area contributed by atoms with Crippen LogP contribution in [-0.4, -0.2) is 56.5 Å². The number of benzene rings is 1. The normalized spacial score (nSPS) is 15.1. The van der Waals surface area contributed by atoms with Crippen LogP contribution in [0.4, 0.5) is 0 Å². The molecule has 1 aromatic rings. The Kier molecular flexibility index (Phi) is 11.3. The van der Waals surface area contributed by atoms with Crippen molar-refractivity contribution in [2.45, 2.75) is 32.7 Å². The van der Waals surface area contributed by atoms with Crippen molar-refractivity contribution in [1.82, 2.24) is 20.9 Å². The highest BCUT2D eigenvalue weighted by atomic mass is 127. The molecular weight excluding hydrogens is 441 g/mol. The van der Waals surface area contributed by atoms with E-state index in [1.807, 2.05) is 24.3 Å². The van der Waals surface area contributed by atoms with Crippen LogP contribution in [-0.2, 0) is 6.54 Å². The SMILES string of the molecule is CCNC(=NCc1cccc(C(=O)NC)c1)NCCN1CCCCC1.I. The van der Waals surface area contributed by atoms with Crippen molar-refractivity contribution in [2.75, 3.05) is 39.8 Å². The molecule has 7 heteroatoms. The molecule has 0 radical (unpaired) electrons. The lowest BCUT2D eigenvalue weighted by atomic mass is 10.1. The Morgan fingerprint density at radius 1 is 1.19 bits per heavy atom. The van der Waals surface area contributed by atoms with Crippen molar-refractivity contribution in [3.63, 3.8) is 0 Å². The third-order valence-corrected chi connectivity index (χ3v) is 4.35. The molecule has 3 N–H and O–H groups in total. The van der Waals surface area contributed by atoms with E-state index in [9.17, 15) is 4.79 Å². The fourth-order valence-corrected chi connectivity index (χ4v) is 2.98. The van der Waals surface area contributed by atoms with Crippen LogP contribution in [0.25, 0.3) is 0 Å². The lowest BCUT2D eigenvalue weighted by molar-refractivity contribution is 0.0963. The molecule has 1 heterocycles. The van der Waals surface area contributed by atoms with Crippen LogP contribution < -0.4 is 16.0 Å². The topological polar surface area (TPSA) is 68.8 Å². The van der Waals surface area contributed by atoms with E-state index in [1.165, 1.54) is 32.4 Å². The predicted octanol–water partition coefficient (Wildman–Crippen LogP) is 2.21. The first-order chi connectivity index (χ1) is 12.2. The summed E-state index contributed by atoms with van der Waals surface area (Å²) in [5, 5.41) is 9.33. The van der Waals surface area contributed by atoms with Crippen molar-refractivity contribution in [2.24, 2.45) is 4.99 Å². The van der Waals surface area contributed by atoms with E-state index in [4.69, 9.17) is 0 Å². The van der Waals surface area contributed by atoms with Gasteiger partial charge in [0.15, 0.2) is 5.96 Å². The number of rotatable bonds is 7. The molecule has 0 aliphatic carbocycles. The fourth-order valence-electron chi connectivity index (χ4n) is 2.98. The predicted molar refractivity (Wildman–Crippen MR) is 118 cm³/mol. The van der Waals surface area contributed by atoms with Crippen molar-refractivity contribution in [3.8, 4) is 0 Å². The van der Waals surface area contributed by atoms with E-state index in [-0.39, 0.29) is 29.9 Å². The van der Waals surface area contributed by atoms with Crippen LogP contribution in [0, 0.1) is 0 Å². The highest BCUT2D eigenvalue weighted by molar-refractivity contribution is 14.0. The Labute approximate surface area is 174 Å². The maximum absolute atomic E-state index is 11.7. The molecule has 26 heavy (non-hydrogen) atoms. The summed E-state index contributed by atoms with van der Waals surface area (Å²) in [7, 11) is 1.64. The second-order valence-corrected chi connectivity index (χ2v) is 6.30. The molecule has 1 aliphatic heterocycles. The molecule has 6 nitrogen and oxygen atoms in total. The smallest absolute Gasteiger partial charge is 0.251 e. The summed E-state index contributed by atoms with van der Waals surface area (Å²) >= 11 is 0. The maximum Gasteiger partial charge on any atom is 0.251 e. The zero-order chi connectivity index (χ0) is 17.9. The summed E-state index contributed by atoms with van der Waals surface area (Å²) in [6, 6.07) is 7.59. The minimum absolute atomic E-state index is 0. The van der Waals surface area contributed by atoms with Crippen LogP contribution in [0.2, 0.25) is 0 Å². The second-order valence-electron chi connectivity index (χ2n) is 6.30. The third kappa shape index (κ3) is 7.90. The number of carbonyl (C=O) groups is 1. The molecule has 0 unspecified atom stereocenters. The van der Waals surface area contributed by atoms with Crippen molar-refractivity contribution in [3.05, 3.63) is 35.4 Å². The average molecular weight is 473 g/mol. The van der Waals surface area contributed by atoms with Crippen LogP contribution in [0.5, 0.6) is 0 Å². The largest absolute Gasteiger partial charge is 0.357 e. The molecule has 0 bridgehead atoms. The Morgan fingerprint density at radius 2 is 1.96 bits per heavy atom. The number of hydrogen-bond donors (Lipinski definition) is 3. The Bertz CT molecular complexity index is 573. The first-order valence-corrected chi connectivity index (χ1v) is 9.28. The second kappa shape index (κ2) is 12.9. The van der Waals surface area contributed by atoms with Gasteiger partial charge in [0.05, 0.1) is 6.54 Å². The molecule has 1 saturated heterocycles. The van der Waals surface area contributed by atoms with Crippen molar-refractivity contribution >= 4 is 35.8 Å². The zero-order valence-electron chi connectivity index (χ0n) is 15.9. The number of halogens is 1. The molecule has 1 fully saturated rings. The van der Waals surface area contributed by atoms with Crippen LogP contribution in [0.3, 0.4) is 0 Å². The number of nitrogens with zero attached hydrogens (tertiary/aromatic N) is 2. The number of likely N-dealkylation sites (tertiary alicyclic amines) is 1. The summed E-state index contributed by atoms with van der Waals surface area (Å²) in [4.78, 5) is 18.9. The van der Waals surface area contributed by atoms with Gasteiger partial charge in [0.1, 0.15) is 0 Å². The molecule has 1 aliphatic rings. The minimum Gasteiger partial charge on any atom is -0.357 e. The molecule has 146 valence electrons. The fraction of sp³-hybridized carbons (Fsp3) is 0.579. The van der Waals surface area contributed by atoms with Crippen molar-refractivity contribution < 1.29 is 4.79 Å². The highest BCUT2D eigenvalue weighted by Gasteiger charge is 2.09. The van der Waals surface area contributed by atoms with Crippen LogP contribution >= 0.6 is 24.0 Å². The van der Waals surface area contributed by atoms with Crippen LogP contribution in [0.15, 0.2) is 29.3 Å². The number of amides is 1. The Hall–Kier alpha value is -1.35. The molecular formula is C19H32IN5O. The number of hydrogen-bond acceptors (Lipinski definition) is 3. The summed E-state index contributed by atoms with van der Waals surface area (Å²) < 4.78 is 0. The number of aliphatic imine (C=N–C) groups is 1. The van der Waals surface area contributed by atoms with Gasteiger partial charge in [0.25, 0.3) is 5.91 Å². The average Bonchev–Trinajstić information content (AvgIpc) is 2.66. The van der Waals surface area contributed by atoms with Gasteiger partial charge in [-0.15, -0.1) is 24.0 Å². The lowest BCUT2D eigenvalue weighted by Gasteiger charge is -2.26. The Balaban J connectivity index is 0.00000338. The quantitative estimate of drug-likeness (QED) is 0.323. The van der Waals surface area contributed by atoms with Crippen molar-refractivity contribution in [1.29, 1.82) is 0 Å². The third-order valence-electron chi connectivity index (χ3n) is 4.35. The van der Waals surface area contributed by atoms with Gasteiger partial charge in [-0.2, -0.15) is 0 Å². The van der Waals surface area contributed by atoms with Gasteiger partial charge in [-0.3, -0.25) is 4.79 Å². The monoisotopic (exact) mass is 473 g/mol. The number of carbonyl (C=O) groups excluding carboxylic acids is 1. The van der Waals surface area contributed by atoms with Gasteiger partial charge in [-0.1, -0.05) is 18.6 Å². The molecule has 1 amide bonds. The number of piperidine rings is 1. The Morgan fingerprint density at radius 3 is 2.65 bits per heavy atom. The summed E-state index contributed by atoms with van der Waals surface area (Å²) in [5.74, 6) is 0.752. The summed E-state index contributed by atoms with van der Waals surface area (Å²) in [6.45, 7) is 7.80. The number of nitrogens with one attached hydrogen (secondary N) is 3. The summed E-state index contributed by atoms with van der Waals surface area (Å²) in [5.41, 5.74) is 1.69. The van der Waals surface area contributed by atoms with Gasteiger partial charge >= 0.3 is 0 Å². The van der Waals surface area contributed by atoms with Gasteiger partial charge in [-0.05, 0) is 50.6 Å². The molecule has 0 saturated carbocycles. The molecule has 0 aromatic heterocycles. The first kappa shape index (κ1) is 22.7. The standard InChI is InChI=1S/C19H31N5O.HI/c1-3-21-19(22-10-13-24-11-5-4-6-12-24)23-15-16-8-7-9-17(14-16)18(25)20-2;/h7-9,14H,3-6,10-13,15H2,1-2H3,(H,20,25)(H2,21,22,23);1H. The van der Waals surface area contributed by atoms with E-state index in [0.717, 1.165) is 31.2 Å². The number of guanidine groups is 1. The molecule has 1 aromatic carbocycles. The highest BCUT2D eigenvalue weighted by Crippen LogP contribution is 2.08. The molecule has 0 spiro atoms. The van der Waals surface area contributed by atoms with Gasteiger partial charge in [0.2, 0.25) is 0 Å². The van der Waals surface area contributed by atoms with E-state index < -0.39 is 0 Å².